The van der Waals surface area contributed by atoms with E-state index in [1.54, 1.807) is 24.3 Å². The molecule has 0 nitrogen and oxygen atoms in total. The van der Waals surface area contributed by atoms with E-state index in [0.29, 0.717) is 5.39 Å². The van der Waals surface area contributed by atoms with Crippen LogP contribution in [0, 0.1) is 29.6 Å². The van der Waals surface area contributed by atoms with Gasteiger partial charge in [0.25, 0.3) is 0 Å². The molecule has 0 aliphatic rings. The van der Waals surface area contributed by atoms with Gasteiger partial charge in [0, 0.05) is 11.5 Å². The van der Waals surface area contributed by atoms with Crippen LogP contribution in [0.3, 0.4) is 0 Å². The van der Waals surface area contributed by atoms with Gasteiger partial charge in [0.2, 0.25) is 0 Å². The zero-order chi connectivity index (χ0) is 12.0. The lowest BCUT2D eigenvalue weighted by Crippen LogP contribution is -1.93. The molecule has 0 N–H and O–H groups in total. The molecule has 0 fully saturated rings. The highest BCUT2D eigenvalue weighted by Gasteiger charge is 2.15. The monoisotopic (exact) mass is 230 g/mol. The maximum Gasteiger partial charge on any atom is 0.195 e. The summed E-state index contributed by atoms with van der Waals surface area (Å²) < 4.78 is 40.0. The minimum atomic E-state index is -1.49. The Morgan fingerprint density at radius 3 is 2.59 bits per heavy atom. The van der Waals surface area contributed by atoms with Gasteiger partial charge in [-0.15, -0.1) is 0 Å². The minimum Gasteiger partial charge on any atom is -0.203 e. The van der Waals surface area contributed by atoms with Gasteiger partial charge < -0.3 is 0 Å². The molecule has 0 unspecified atom stereocenters. The van der Waals surface area contributed by atoms with E-state index in [4.69, 9.17) is 0 Å². The molecule has 0 heterocycles. The summed E-state index contributed by atoms with van der Waals surface area (Å²) in [6.45, 7) is 0. The van der Waals surface area contributed by atoms with Crippen molar-refractivity contribution in [1.29, 1.82) is 0 Å². The van der Waals surface area contributed by atoms with Crippen molar-refractivity contribution in [2.75, 3.05) is 0 Å². The van der Waals surface area contributed by atoms with E-state index in [0.717, 1.165) is 5.39 Å². The zero-order valence-electron chi connectivity index (χ0n) is 8.52. The molecule has 0 atom stereocenters. The molecule has 3 heteroatoms. The van der Waals surface area contributed by atoms with Crippen LogP contribution in [0.4, 0.5) is 13.2 Å². The Morgan fingerprint density at radius 2 is 1.76 bits per heavy atom. The van der Waals surface area contributed by atoms with Crippen LogP contribution in [0.5, 0.6) is 0 Å². The highest BCUT2D eigenvalue weighted by Crippen LogP contribution is 2.29. The van der Waals surface area contributed by atoms with E-state index in [1.807, 2.05) is 0 Å². The van der Waals surface area contributed by atoms with Crippen LogP contribution in [0.15, 0.2) is 30.3 Å². The van der Waals surface area contributed by atoms with Gasteiger partial charge in [-0.05, 0) is 28.3 Å². The first-order valence-electron chi connectivity index (χ1n) is 4.97. The highest BCUT2D eigenvalue weighted by atomic mass is 19.2. The Bertz CT molecular complexity index is 732. The standard InChI is InChI=1S/C14H5F3/c15-11-7-9-6-5-8-3-1-2-4-10(8)12(9)14(17)13(11)16/h2-6H. The summed E-state index contributed by atoms with van der Waals surface area (Å²) in [5.74, 6) is -3.96. The topological polar surface area (TPSA) is 0 Å². The summed E-state index contributed by atoms with van der Waals surface area (Å²) in [4.78, 5) is 0. The van der Waals surface area contributed by atoms with Crippen molar-refractivity contribution in [2.24, 2.45) is 0 Å². The average Bonchev–Trinajstić information content (AvgIpc) is 2.35. The molecule has 0 spiro atoms. The lowest BCUT2D eigenvalue weighted by Gasteiger charge is -2.05. The first-order valence-corrected chi connectivity index (χ1v) is 4.97. The molecular formula is C14H5F3. The molecule has 0 saturated heterocycles. The molecular weight excluding hydrogens is 225 g/mol. The number of fused-ring (bicyclic) bond motifs is 3. The molecule has 0 saturated carbocycles. The largest absolute Gasteiger partial charge is 0.203 e. The number of hydrogen-bond acceptors (Lipinski definition) is 0. The molecule has 17 heavy (non-hydrogen) atoms. The molecule has 3 aromatic carbocycles. The first kappa shape index (κ1) is 10.1. The molecule has 0 aliphatic heterocycles. The minimum absolute atomic E-state index is 0.0513. The van der Waals surface area contributed by atoms with Crippen molar-refractivity contribution < 1.29 is 13.2 Å². The lowest BCUT2D eigenvalue weighted by atomic mass is 10.0. The van der Waals surface area contributed by atoms with Crippen LogP contribution in [0.1, 0.15) is 0 Å². The van der Waals surface area contributed by atoms with Crippen molar-refractivity contribution in [3.63, 3.8) is 0 Å². The van der Waals surface area contributed by atoms with E-state index in [-0.39, 0.29) is 10.8 Å². The molecule has 2 radical (unpaired) electrons. The SMILES string of the molecule is Fc1[c]c2ccc3c[c]ccc3c2c(F)c1F. The van der Waals surface area contributed by atoms with Gasteiger partial charge in [0.1, 0.15) is 0 Å². The number of hydrogen-bond donors (Lipinski definition) is 0. The predicted molar refractivity (Wildman–Crippen MR) is 59.0 cm³/mol. The molecule has 0 aromatic heterocycles. The van der Waals surface area contributed by atoms with Gasteiger partial charge in [-0.1, -0.05) is 24.3 Å². The van der Waals surface area contributed by atoms with Gasteiger partial charge in [0.15, 0.2) is 17.5 Å². The van der Waals surface area contributed by atoms with Crippen LogP contribution < -0.4 is 0 Å². The fourth-order valence-corrected chi connectivity index (χ4v) is 1.93. The van der Waals surface area contributed by atoms with E-state index in [2.05, 4.69) is 12.1 Å². The fraction of sp³-hybridized carbons (Fsp3) is 0. The van der Waals surface area contributed by atoms with E-state index >= 15 is 0 Å². The second kappa shape index (κ2) is 3.48. The van der Waals surface area contributed by atoms with Gasteiger partial charge in [-0.3, -0.25) is 0 Å². The second-order valence-corrected chi connectivity index (χ2v) is 3.70. The van der Waals surface area contributed by atoms with Crippen molar-refractivity contribution in [3.8, 4) is 0 Å². The Morgan fingerprint density at radius 1 is 0.941 bits per heavy atom. The van der Waals surface area contributed by atoms with Gasteiger partial charge >= 0.3 is 0 Å². The van der Waals surface area contributed by atoms with Gasteiger partial charge in [-0.2, -0.15) is 0 Å². The first-order chi connectivity index (χ1) is 8.18. The molecule has 82 valence electrons. The van der Waals surface area contributed by atoms with Crippen LogP contribution >= 0.6 is 0 Å². The molecule has 3 rings (SSSR count). The van der Waals surface area contributed by atoms with E-state index < -0.39 is 17.5 Å². The third-order valence-corrected chi connectivity index (χ3v) is 2.71. The average molecular weight is 230 g/mol. The maximum absolute atomic E-state index is 13.7. The Hall–Kier alpha value is -2.03. The van der Waals surface area contributed by atoms with Crippen molar-refractivity contribution in [1.82, 2.24) is 0 Å². The Labute approximate surface area is 95.3 Å². The quantitative estimate of drug-likeness (QED) is 0.404. The van der Waals surface area contributed by atoms with Crippen LogP contribution in [0.2, 0.25) is 0 Å². The lowest BCUT2D eigenvalue weighted by molar-refractivity contribution is 0.453. The smallest absolute Gasteiger partial charge is 0.195 e. The number of rotatable bonds is 0. The molecule has 0 amide bonds. The number of halogens is 3. The van der Waals surface area contributed by atoms with Crippen LogP contribution in [0.25, 0.3) is 21.5 Å². The molecule has 0 aliphatic carbocycles. The van der Waals surface area contributed by atoms with Gasteiger partial charge in [0.05, 0.1) is 0 Å². The second-order valence-electron chi connectivity index (χ2n) is 3.70. The highest BCUT2D eigenvalue weighted by molar-refractivity contribution is 6.07. The van der Waals surface area contributed by atoms with E-state index in [1.165, 1.54) is 6.07 Å². The Balaban J connectivity index is 2.62. The third-order valence-electron chi connectivity index (χ3n) is 2.71. The zero-order valence-corrected chi connectivity index (χ0v) is 8.52. The maximum atomic E-state index is 13.7. The summed E-state index contributed by atoms with van der Waals surface area (Å²) in [6.07, 6.45) is 0. The number of benzene rings is 3. The van der Waals surface area contributed by atoms with Gasteiger partial charge in [-0.25, -0.2) is 13.2 Å². The van der Waals surface area contributed by atoms with Crippen molar-refractivity contribution >= 4 is 21.5 Å². The van der Waals surface area contributed by atoms with E-state index in [9.17, 15) is 13.2 Å². The Kier molecular flexibility index (Phi) is 2.08. The van der Waals surface area contributed by atoms with Crippen LogP contribution in [-0.4, -0.2) is 0 Å². The summed E-state index contributed by atoms with van der Waals surface area (Å²) in [6, 6.07) is 13.1. The predicted octanol–water partition coefficient (Wildman–Crippen LogP) is 4.01. The summed E-state index contributed by atoms with van der Waals surface area (Å²) in [5.41, 5.74) is 0. The molecule has 0 bridgehead atoms. The molecule has 3 aromatic rings. The van der Waals surface area contributed by atoms with Crippen molar-refractivity contribution in [3.05, 3.63) is 59.9 Å². The van der Waals surface area contributed by atoms with Crippen molar-refractivity contribution in [2.45, 2.75) is 0 Å². The third kappa shape index (κ3) is 1.39. The fourth-order valence-electron chi connectivity index (χ4n) is 1.93. The summed E-state index contributed by atoms with van der Waals surface area (Å²) in [7, 11) is 0. The summed E-state index contributed by atoms with van der Waals surface area (Å²) >= 11 is 0. The normalized spacial score (nSPS) is 11.2. The summed E-state index contributed by atoms with van der Waals surface area (Å²) in [5, 5.41) is 1.52. The van der Waals surface area contributed by atoms with Crippen LogP contribution in [-0.2, 0) is 0 Å².